The summed E-state index contributed by atoms with van der Waals surface area (Å²) in [4.78, 5) is 34.0. The smallest absolute Gasteiger partial charge is 0.253 e. The summed E-state index contributed by atoms with van der Waals surface area (Å²) in [6.45, 7) is 10.4. The van der Waals surface area contributed by atoms with Gasteiger partial charge in [-0.25, -0.2) is 0 Å². The number of rotatable bonds is 7. The van der Waals surface area contributed by atoms with E-state index in [-0.39, 0.29) is 24.1 Å². The molecule has 2 N–H and O–H groups in total. The number of carbonyl (C=O) groups is 1. The van der Waals surface area contributed by atoms with Crippen molar-refractivity contribution < 1.29 is 4.79 Å². The Hall–Kier alpha value is -4.19. The van der Waals surface area contributed by atoms with Crippen LogP contribution in [0, 0.1) is 13.8 Å². The van der Waals surface area contributed by atoms with Gasteiger partial charge in [0.1, 0.15) is 0 Å². The topological polar surface area (TPSA) is 79.8 Å². The molecule has 3 heterocycles. The van der Waals surface area contributed by atoms with E-state index in [1.54, 1.807) is 0 Å². The molecule has 0 spiro atoms. The summed E-state index contributed by atoms with van der Waals surface area (Å²) in [6, 6.07) is 16.5. The predicted molar refractivity (Wildman–Crippen MR) is 155 cm³/mol. The number of nitrogens with zero attached hydrogens (tertiary/aromatic N) is 2. The second-order valence-electron chi connectivity index (χ2n) is 10.3. The highest BCUT2D eigenvalue weighted by atomic mass is 16.1. The monoisotopic (exact) mass is 506 g/mol. The molecule has 0 aliphatic heterocycles. The highest BCUT2D eigenvalue weighted by Gasteiger charge is 2.20. The van der Waals surface area contributed by atoms with Crippen LogP contribution in [0.3, 0.4) is 0 Å². The van der Waals surface area contributed by atoms with Crippen LogP contribution in [0.15, 0.2) is 65.7 Å². The number of hydrogen-bond donors (Lipinski definition) is 2. The van der Waals surface area contributed by atoms with Gasteiger partial charge in [-0.15, -0.1) is 0 Å². The van der Waals surface area contributed by atoms with Crippen LogP contribution in [-0.2, 0) is 13.0 Å². The van der Waals surface area contributed by atoms with E-state index >= 15 is 0 Å². The number of hydrogen-bond acceptors (Lipinski definition) is 3. The Morgan fingerprint density at radius 1 is 1.11 bits per heavy atom. The second kappa shape index (κ2) is 10.3. The molecule has 1 amide bonds. The summed E-state index contributed by atoms with van der Waals surface area (Å²) in [6.07, 6.45) is 5.69. The van der Waals surface area contributed by atoms with Crippen molar-refractivity contribution in [2.24, 2.45) is 0 Å². The first-order valence-electron chi connectivity index (χ1n) is 13.3. The lowest BCUT2D eigenvalue weighted by Crippen LogP contribution is -2.29. The Kier molecular flexibility index (Phi) is 6.89. The largest absolute Gasteiger partial charge is 0.348 e. The van der Waals surface area contributed by atoms with Crippen LogP contribution in [0.1, 0.15) is 66.0 Å². The molecule has 5 rings (SSSR count). The molecule has 0 aliphatic carbocycles. The fourth-order valence-corrected chi connectivity index (χ4v) is 5.38. The van der Waals surface area contributed by atoms with Gasteiger partial charge in [-0.05, 0) is 81.1 Å². The minimum Gasteiger partial charge on any atom is -0.348 e. The molecule has 6 nitrogen and oxygen atoms in total. The lowest BCUT2D eigenvalue weighted by Gasteiger charge is -2.17. The molecule has 194 valence electrons. The van der Waals surface area contributed by atoms with Crippen LogP contribution in [0.25, 0.3) is 32.9 Å². The number of aromatic nitrogens is 3. The van der Waals surface area contributed by atoms with Gasteiger partial charge in [0.2, 0.25) is 0 Å². The van der Waals surface area contributed by atoms with Crippen LogP contribution >= 0.6 is 0 Å². The number of benzene rings is 2. The highest BCUT2D eigenvalue weighted by Crippen LogP contribution is 2.36. The Morgan fingerprint density at radius 2 is 1.89 bits per heavy atom. The summed E-state index contributed by atoms with van der Waals surface area (Å²) in [7, 11) is 0. The van der Waals surface area contributed by atoms with Gasteiger partial charge in [-0.3, -0.25) is 14.6 Å². The third-order valence-electron chi connectivity index (χ3n) is 7.26. The molecule has 0 aliphatic rings. The molecule has 0 atom stereocenters. The quantitative estimate of drug-likeness (QED) is 0.260. The van der Waals surface area contributed by atoms with Crippen molar-refractivity contribution in [2.45, 2.75) is 60.0 Å². The average Bonchev–Trinajstić information content (AvgIpc) is 3.34. The van der Waals surface area contributed by atoms with Crippen molar-refractivity contribution in [3.63, 3.8) is 0 Å². The van der Waals surface area contributed by atoms with Crippen molar-refractivity contribution in [3.8, 4) is 11.1 Å². The minimum atomic E-state index is -0.196. The molecule has 0 unspecified atom stereocenters. The Labute approximate surface area is 222 Å². The zero-order chi connectivity index (χ0) is 27.0. The number of para-hydroxylation sites is 1. The van der Waals surface area contributed by atoms with E-state index in [2.05, 4.69) is 65.0 Å². The summed E-state index contributed by atoms with van der Waals surface area (Å²) in [5.74, 6) is -0.196. The summed E-state index contributed by atoms with van der Waals surface area (Å²) in [5, 5.41) is 5.18. The van der Waals surface area contributed by atoms with Gasteiger partial charge < -0.3 is 14.9 Å². The van der Waals surface area contributed by atoms with E-state index in [4.69, 9.17) is 0 Å². The van der Waals surface area contributed by atoms with Crippen molar-refractivity contribution in [1.29, 1.82) is 0 Å². The van der Waals surface area contributed by atoms with Crippen LogP contribution in [-0.4, -0.2) is 20.4 Å². The maximum atomic E-state index is 13.7. The molecule has 0 bridgehead atoms. The number of aromatic amines is 1. The number of H-pyrrole nitrogens is 1. The molecule has 3 aromatic heterocycles. The van der Waals surface area contributed by atoms with Gasteiger partial charge in [0.15, 0.2) is 0 Å². The maximum absolute atomic E-state index is 13.7. The number of pyridine rings is 2. The van der Waals surface area contributed by atoms with Crippen molar-refractivity contribution >= 4 is 27.7 Å². The van der Waals surface area contributed by atoms with Gasteiger partial charge in [-0.1, -0.05) is 31.5 Å². The lowest BCUT2D eigenvalue weighted by atomic mass is 9.95. The Morgan fingerprint density at radius 3 is 2.66 bits per heavy atom. The van der Waals surface area contributed by atoms with E-state index in [1.165, 1.54) is 0 Å². The molecule has 38 heavy (non-hydrogen) atoms. The fourth-order valence-electron chi connectivity index (χ4n) is 5.38. The SMILES string of the molecule is CCCc1cc(C)[nH]c(=O)c1CNC(=O)c1cc(-c2cnc3ccccc3c2)c2ccn(C(C)C)c2c1C. The molecule has 0 saturated heterocycles. The number of nitrogens with one attached hydrogen (secondary N) is 2. The third kappa shape index (κ3) is 4.62. The minimum absolute atomic E-state index is 0.141. The predicted octanol–water partition coefficient (Wildman–Crippen LogP) is 6.63. The fraction of sp³-hybridized carbons (Fsp3) is 0.281. The molecule has 0 radical (unpaired) electrons. The van der Waals surface area contributed by atoms with E-state index in [0.717, 1.165) is 62.6 Å². The molecule has 0 saturated carbocycles. The van der Waals surface area contributed by atoms with E-state index < -0.39 is 0 Å². The summed E-state index contributed by atoms with van der Waals surface area (Å²) >= 11 is 0. The molecule has 5 aromatic rings. The summed E-state index contributed by atoms with van der Waals surface area (Å²) in [5.41, 5.74) is 7.71. The van der Waals surface area contributed by atoms with Gasteiger partial charge in [0, 0.05) is 58.1 Å². The standard InChI is InChI=1S/C32H34N4O2/c1-6-9-22-14-20(4)35-32(38)28(22)18-34-31(37)26-16-27(24-15-23-10-7-8-11-29(23)33-17-24)25-12-13-36(19(2)3)30(25)21(26)5/h7-8,10-17,19H,6,9,18H2,1-5H3,(H,34,37)(H,35,38). The first-order valence-corrected chi connectivity index (χ1v) is 13.3. The van der Waals surface area contributed by atoms with Gasteiger partial charge >= 0.3 is 0 Å². The Bertz CT molecular complexity index is 1730. The van der Waals surface area contributed by atoms with Gasteiger partial charge in [-0.2, -0.15) is 0 Å². The van der Waals surface area contributed by atoms with Crippen LogP contribution in [0.5, 0.6) is 0 Å². The van der Waals surface area contributed by atoms with Crippen molar-refractivity contribution in [2.75, 3.05) is 0 Å². The normalized spacial score (nSPS) is 11.5. The summed E-state index contributed by atoms with van der Waals surface area (Å²) < 4.78 is 2.21. The van der Waals surface area contributed by atoms with Crippen LogP contribution in [0.4, 0.5) is 0 Å². The molecule has 0 fully saturated rings. The van der Waals surface area contributed by atoms with Crippen molar-refractivity contribution in [3.05, 3.63) is 99.2 Å². The lowest BCUT2D eigenvalue weighted by molar-refractivity contribution is 0.0950. The van der Waals surface area contributed by atoms with E-state index in [1.807, 2.05) is 50.4 Å². The van der Waals surface area contributed by atoms with Crippen molar-refractivity contribution in [1.82, 2.24) is 19.9 Å². The third-order valence-corrected chi connectivity index (χ3v) is 7.26. The first-order chi connectivity index (χ1) is 18.3. The van der Waals surface area contributed by atoms with Gasteiger partial charge in [0.25, 0.3) is 11.5 Å². The van der Waals surface area contributed by atoms with E-state index in [9.17, 15) is 9.59 Å². The number of carbonyl (C=O) groups excluding carboxylic acids is 1. The first kappa shape index (κ1) is 25.5. The van der Waals surface area contributed by atoms with Crippen LogP contribution in [0.2, 0.25) is 0 Å². The molecule has 6 heteroatoms. The zero-order valence-corrected chi connectivity index (χ0v) is 22.7. The average molecular weight is 507 g/mol. The number of aryl methyl sites for hydroxylation is 3. The van der Waals surface area contributed by atoms with E-state index in [0.29, 0.717) is 11.1 Å². The highest BCUT2D eigenvalue weighted by molar-refractivity contribution is 6.07. The molecule has 2 aromatic carbocycles. The molecular weight excluding hydrogens is 472 g/mol. The zero-order valence-electron chi connectivity index (χ0n) is 22.7. The second-order valence-corrected chi connectivity index (χ2v) is 10.3. The number of amides is 1. The molecular formula is C32H34N4O2. The number of fused-ring (bicyclic) bond motifs is 2. The Balaban J connectivity index is 1.60. The van der Waals surface area contributed by atoms with Crippen LogP contribution < -0.4 is 10.9 Å². The van der Waals surface area contributed by atoms with Gasteiger partial charge in [0.05, 0.1) is 11.0 Å². The maximum Gasteiger partial charge on any atom is 0.253 e.